The lowest BCUT2D eigenvalue weighted by molar-refractivity contribution is 0.415. The van der Waals surface area contributed by atoms with Crippen molar-refractivity contribution in [1.29, 1.82) is 0 Å². The van der Waals surface area contributed by atoms with Crippen molar-refractivity contribution in [3.63, 3.8) is 0 Å². The standard InChI is InChI=1S/C18H15N3O2/c1-12-5-10-16(23-12)18-20-15-4-3-11-19-17(15)21(18)13-6-8-14(22-2)9-7-13/h3-11H,1-2H3. The number of ether oxygens (including phenoxy) is 1. The third-order valence-electron chi connectivity index (χ3n) is 3.71. The van der Waals surface area contributed by atoms with E-state index in [2.05, 4.69) is 4.98 Å². The highest BCUT2D eigenvalue weighted by Gasteiger charge is 2.17. The summed E-state index contributed by atoms with van der Waals surface area (Å²) in [5.74, 6) is 3.11. The van der Waals surface area contributed by atoms with Crippen LogP contribution in [0.1, 0.15) is 5.76 Å². The first kappa shape index (κ1) is 13.6. The third kappa shape index (κ3) is 2.26. The molecule has 3 heterocycles. The molecule has 0 saturated heterocycles. The average Bonchev–Trinajstić information content (AvgIpc) is 3.18. The van der Waals surface area contributed by atoms with Gasteiger partial charge in [-0.1, -0.05) is 0 Å². The Morgan fingerprint density at radius 2 is 1.87 bits per heavy atom. The van der Waals surface area contributed by atoms with Crippen LogP contribution in [0.5, 0.6) is 5.75 Å². The molecule has 0 aliphatic carbocycles. The SMILES string of the molecule is COc1ccc(-n2c(-c3ccc(C)o3)nc3cccnc32)cc1. The fraction of sp³-hybridized carbons (Fsp3) is 0.111. The van der Waals surface area contributed by atoms with Crippen molar-refractivity contribution >= 4 is 11.2 Å². The maximum Gasteiger partial charge on any atom is 0.183 e. The van der Waals surface area contributed by atoms with E-state index in [9.17, 15) is 0 Å². The lowest BCUT2D eigenvalue weighted by atomic mass is 10.3. The zero-order valence-corrected chi connectivity index (χ0v) is 12.9. The van der Waals surface area contributed by atoms with Gasteiger partial charge in [-0.2, -0.15) is 0 Å². The highest BCUT2D eigenvalue weighted by molar-refractivity contribution is 5.78. The van der Waals surface area contributed by atoms with Crippen LogP contribution in [-0.2, 0) is 0 Å². The minimum atomic E-state index is 0.719. The molecule has 0 N–H and O–H groups in total. The first-order valence-electron chi connectivity index (χ1n) is 7.31. The van der Waals surface area contributed by atoms with E-state index in [4.69, 9.17) is 14.1 Å². The summed E-state index contributed by atoms with van der Waals surface area (Å²) in [6.45, 7) is 1.92. The van der Waals surface area contributed by atoms with Crippen molar-refractivity contribution in [2.75, 3.05) is 7.11 Å². The fourth-order valence-electron chi connectivity index (χ4n) is 2.61. The average molecular weight is 305 g/mol. The van der Waals surface area contributed by atoms with E-state index in [-0.39, 0.29) is 0 Å². The fourth-order valence-corrected chi connectivity index (χ4v) is 2.61. The number of imidazole rings is 1. The Bertz CT molecular complexity index is 968. The van der Waals surface area contributed by atoms with Gasteiger partial charge in [0.15, 0.2) is 17.2 Å². The van der Waals surface area contributed by atoms with Crippen LogP contribution < -0.4 is 4.74 Å². The van der Waals surface area contributed by atoms with Crippen LogP contribution in [0.25, 0.3) is 28.4 Å². The van der Waals surface area contributed by atoms with E-state index in [1.165, 1.54) is 0 Å². The third-order valence-corrected chi connectivity index (χ3v) is 3.71. The van der Waals surface area contributed by atoms with Crippen molar-refractivity contribution in [2.24, 2.45) is 0 Å². The Balaban J connectivity index is 1.98. The van der Waals surface area contributed by atoms with E-state index < -0.39 is 0 Å². The molecule has 0 spiro atoms. The number of aromatic nitrogens is 3. The first-order chi connectivity index (χ1) is 11.3. The molecular formula is C18H15N3O2. The van der Waals surface area contributed by atoms with Crippen molar-refractivity contribution in [3.8, 4) is 23.0 Å². The molecule has 0 aliphatic heterocycles. The Morgan fingerprint density at radius 3 is 2.57 bits per heavy atom. The summed E-state index contributed by atoms with van der Waals surface area (Å²) in [5.41, 5.74) is 2.57. The topological polar surface area (TPSA) is 53.1 Å². The summed E-state index contributed by atoms with van der Waals surface area (Å²) in [5, 5.41) is 0. The number of nitrogens with zero attached hydrogens (tertiary/aromatic N) is 3. The number of fused-ring (bicyclic) bond motifs is 1. The molecule has 4 rings (SSSR count). The summed E-state index contributed by atoms with van der Waals surface area (Å²) >= 11 is 0. The van der Waals surface area contributed by atoms with Crippen LogP contribution in [-0.4, -0.2) is 21.6 Å². The number of benzene rings is 1. The Labute approximate surface area is 133 Å². The lowest BCUT2D eigenvalue weighted by Gasteiger charge is -2.08. The van der Waals surface area contributed by atoms with Gasteiger partial charge in [-0.05, 0) is 55.5 Å². The number of aryl methyl sites for hydroxylation is 1. The molecule has 1 aromatic carbocycles. The number of pyridine rings is 1. The zero-order valence-electron chi connectivity index (χ0n) is 12.9. The van der Waals surface area contributed by atoms with Crippen LogP contribution >= 0.6 is 0 Å². The van der Waals surface area contributed by atoms with Crippen LogP contribution in [0.4, 0.5) is 0 Å². The van der Waals surface area contributed by atoms with Gasteiger partial charge in [-0.15, -0.1) is 0 Å². The molecule has 0 atom stereocenters. The van der Waals surface area contributed by atoms with Gasteiger partial charge in [0.25, 0.3) is 0 Å². The van der Waals surface area contributed by atoms with Gasteiger partial charge in [-0.3, -0.25) is 4.57 Å². The summed E-state index contributed by atoms with van der Waals surface area (Å²) in [6.07, 6.45) is 1.77. The number of hydrogen-bond donors (Lipinski definition) is 0. The predicted molar refractivity (Wildman–Crippen MR) is 87.9 cm³/mol. The lowest BCUT2D eigenvalue weighted by Crippen LogP contribution is -1.98. The molecule has 114 valence electrons. The summed E-state index contributed by atoms with van der Waals surface area (Å²) in [6, 6.07) is 15.5. The maximum absolute atomic E-state index is 5.77. The second-order valence-corrected chi connectivity index (χ2v) is 5.23. The zero-order chi connectivity index (χ0) is 15.8. The molecule has 5 heteroatoms. The quantitative estimate of drug-likeness (QED) is 0.574. The largest absolute Gasteiger partial charge is 0.497 e. The molecular weight excluding hydrogens is 290 g/mol. The molecule has 0 aliphatic rings. The second-order valence-electron chi connectivity index (χ2n) is 5.23. The van der Waals surface area contributed by atoms with E-state index >= 15 is 0 Å². The number of furan rings is 1. The van der Waals surface area contributed by atoms with Gasteiger partial charge in [0.1, 0.15) is 17.0 Å². The molecule has 0 unspecified atom stereocenters. The van der Waals surface area contributed by atoms with Crippen LogP contribution in [0.3, 0.4) is 0 Å². The van der Waals surface area contributed by atoms with Crippen LogP contribution in [0, 0.1) is 6.92 Å². The van der Waals surface area contributed by atoms with E-state index in [0.717, 1.165) is 39.9 Å². The summed E-state index contributed by atoms with van der Waals surface area (Å²) in [7, 11) is 1.65. The Morgan fingerprint density at radius 1 is 1.04 bits per heavy atom. The monoisotopic (exact) mass is 305 g/mol. The molecule has 0 bridgehead atoms. The molecule has 0 fully saturated rings. The van der Waals surface area contributed by atoms with Gasteiger partial charge in [-0.25, -0.2) is 9.97 Å². The van der Waals surface area contributed by atoms with Gasteiger partial charge in [0, 0.05) is 11.9 Å². The maximum atomic E-state index is 5.77. The molecule has 5 nitrogen and oxygen atoms in total. The van der Waals surface area contributed by atoms with E-state index in [1.54, 1.807) is 13.3 Å². The number of methoxy groups -OCH3 is 1. The minimum absolute atomic E-state index is 0.719. The van der Waals surface area contributed by atoms with E-state index in [0.29, 0.717) is 0 Å². The van der Waals surface area contributed by atoms with E-state index in [1.807, 2.05) is 60.0 Å². The van der Waals surface area contributed by atoms with Gasteiger partial charge < -0.3 is 9.15 Å². The molecule has 0 amide bonds. The van der Waals surface area contributed by atoms with Crippen molar-refractivity contribution in [3.05, 3.63) is 60.5 Å². The van der Waals surface area contributed by atoms with Crippen molar-refractivity contribution < 1.29 is 9.15 Å². The summed E-state index contributed by atoms with van der Waals surface area (Å²) < 4.78 is 13.0. The normalized spacial score (nSPS) is 11.0. The Kier molecular flexibility index (Phi) is 3.12. The molecule has 0 saturated carbocycles. The predicted octanol–water partition coefficient (Wildman–Crippen LogP) is 4.00. The molecule has 4 aromatic rings. The van der Waals surface area contributed by atoms with Crippen molar-refractivity contribution in [2.45, 2.75) is 6.92 Å². The smallest absolute Gasteiger partial charge is 0.183 e. The van der Waals surface area contributed by atoms with Crippen LogP contribution in [0.15, 0.2) is 59.1 Å². The molecule has 0 radical (unpaired) electrons. The van der Waals surface area contributed by atoms with Crippen LogP contribution in [0.2, 0.25) is 0 Å². The number of hydrogen-bond acceptors (Lipinski definition) is 4. The number of rotatable bonds is 3. The first-order valence-corrected chi connectivity index (χ1v) is 7.31. The van der Waals surface area contributed by atoms with Crippen molar-refractivity contribution in [1.82, 2.24) is 14.5 Å². The van der Waals surface area contributed by atoms with Gasteiger partial charge >= 0.3 is 0 Å². The summed E-state index contributed by atoms with van der Waals surface area (Å²) in [4.78, 5) is 9.17. The molecule has 3 aromatic heterocycles. The van der Waals surface area contributed by atoms with Gasteiger partial charge in [0.05, 0.1) is 7.11 Å². The van der Waals surface area contributed by atoms with Gasteiger partial charge in [0.2, 0.25) is 0 Å². The molecule has 23 heavy (non-hydrogen) atoms. The Hall–Kier alpha value is -3.08. The minimum Gasteiger partial charge on any atom is -0.497 e. The highest BCUT2D eigenvalue weighted by Crippen LogP contribution is 2.29. The second kappa shape index (κ2) is 5.28. The highest BCUT2D eigenvalue weighted by atomic mass is 16.5.